The molecule has 6 nitrogen and oxygen atoms in total. The third-order valence-electron chi connectivity index (χ3n) is 3.56. The molecule has 1 saturated heterocycles. The zero-order chi connectivity index (χ0) is 18.6. The Morgan fingerprint density at radius 2 is 2.12 bits per heavy atom. The average molecular weight is 381 g/mol. The highest BCUT2D eigenvalue weighted by atomic mass is 32.2. The number of thioether (sulfide) groups is 1. The molecule has 1 amide bonds. The molecule has 1 aromatic carbocycles. The van der Waals surface area contributed by atoms with Crippen molar-refractivity contribution >= 4 is 46.3 Å². The number of amides is 1. The van der Waals surface area contributed by atoms with E-state index in [2.05, 4.69) is 0 Å². The molecular formula is C17H19NO5S2. The molecule has 25 heavy (non-hydrogen) atoms. The predicted octanol–water partition coefficient (Wildman–Crippen LogP) is 2.86. The molecule has 0 aromatic heterocycles. The number of thiocarbonyl (C=S) groups is 1. The van der Waals surface area contributed by atoms with Gasteiger partial charge in [-0.2, -0.15) is 0 Å². The van der Waals surface area contributed by atoms with Crippen LogP contribution >= 0.6 is 24.0 Å². The van der Waals surface area contributed by atoms with Crippen molar-refractivity contribution in [3.63, 3.8) is 0 Å². The molecule has 2 rings (SSSR count). The molecule has 1 aliphatic heterocycles. The Hall–Kier alpha value is -2.06. The fourth-order valence-corrected chi connectivity index (χ4v) is 3.75. The van der Waals surface area contributed by atoms with Gasteiger partial charge in [0.1, 0.15) is 10.4 Å². The SMILES string of the molecule is CCOc1c(C=C2SC(=S)N(C(C)C(=O)OC)C2=O)cccc1OC. The lowest BCUT2D eigenvalue weighted by Crippen LogP contribution is -2.42. The number of esters is 1. The van der Waals surface area contributed by atoms with Crippen LogP contribution in [0, 0.1) is 0 Å². The molecule has 1 unspecified atom stereocenters. The maximum Gasteiger partial charge on any atom is 0.328 e. The van der Waals surface area contributed by atoms with Crippen LogP contribution in [-0.4, -0.2) is 48.0 Å². The highest BCUT2D eigenvalue weighted by Crippen LogP contribution is 2.38. The van der Waals surface area contributed by atoms with Crippen LogP contribution in [0.2, 0.25) is 0 Å². The van der Waals surface area contributed by atoms with Crippen LogP contribution in [-0.2, 0) is 14.3 Å². The molecule has 0 spiro atoms. The van der Waals surface area contributed by atoms with Crippen molar-refractivity contribution in [2.75, 3.05) is 20.8 Å². The summed E-state index contributed by atoms with van der Waals surface area (Å²) in [5.74, 6) is 0.278. The Morgan fingerprint density at radius 3 is 2.72 bits per heavy atom. The van der Waals surface area contributed by atoms with Gasteiger partial charge in [-0.3, -0.25) is 9.69 Å². The zero-order valence-electron chi connectivity index (χ0n) is 14.4. The Kier molecular flexibility index (Phi) is 6.44. The first-order valence-electron chi connectivity index (χ1n) is 7.59. The van der Waals surface area contributed by atoms with Gasteiger partial charge in [0.2, 0.25) is 0 Å². The minimum atomic E-state index is -0.778. The highest BCUT2D eigenvalue weighted by molar-refractivity contribution is 8.26. The van der Waals surface area contributed by atoms with Crippen LogP contribution in [0.4, 0.5) is 0 Å². The molecule has 0 aliphatic carbocycles. The van der Waals surface area contributed by atoms with E-state index in [4.69, 9.17) is 26.4 Å². The fourth-order valence-electron chi connectivity index (χ4n) is 2.34. The standard InChI is InChI=1S/C17H19NO5S2/c1-5-23-14-11(7-6-8-12(14)21-3)9-13-15(19)18(17(24)25-13)10(2)16(20)22-4/h6-10H,5H2,1-4H3. The molecule has 1 fully saturated rings. The number of carbonyl (C=O) groups is 2. The quantitative estimate of drug-likeness (QED) is 0.426. The van der Waals surface area contributed by atoms with E-state index >= 15 is 0 Å². The number of rotatable bonds is 6. The molecule has 0 saturated carbocycles. The minimum absolute atomic E-state index is 0.315. The van der Waals surface area contributed by atoms with Crippen molar-refractivity contribution in [1.82, 2.24) is 4.90 Å². The first-order chi connectivity index (χ1) is 11.9. The largest absolute Gasteiger partial charge is 0.493 e. The molecule has 134 valence electrons. The Morgan fingerprint density at radius 1 is 1.40 bits per heavy atom. The van der Waals surface area contributed by atoms with Gasteiger partial charge in [-0.05, 0) is 26.0 Å². The Labute approximate surface area is 156 Å². The number of hydrogen-bond donors (Lipinski definition) is 0. The monoisotopic (exact) mass is 381 g/mol. The summed E-state index contributed by atoms with van der Waals surface area (Å²) >= 11 is 6.39. The number of para-hydroxylation sites is 1. The van der Waals surface area contributed by atoms with Crippen LogP contribution in [0.5, 0.6) is 11.5 Å². The summed E-state index contributed by atoms with van der Waals surface area (Å²) in [5.41, 5.74) is 0.701. The third kappa shape index (κ3) is 3.96. The van der Waals surface area contributed by atoms with Crippen molar-refractivity contribution in [1.29, 1.82) is 0 Å². The van der Waals surface area contributed by atoms with Gasteiger partial charge in [0, 0.05) is 5.56 Å². The Bertz CT molecular complexity index is 732. The lowest BCUT2D eigenvalue weighted by atomic mass is 10.1. The molecule has 1 atom stereocenters. The van der Waals surface area contributed by atoms with E-state index in [0.29, 0.717) is 32.9 Å². The summed E-state index contributed by atoms with van der Waals surface area (Å²) in [6.45, 7) is 3.91. The van der Waals surface area contributed by atoms with Gasteiger partial charge >= 0.3 is 5.97 Å². The number of nitrogens with zero attached hydrogens (tertiary/aromatic N) is 1. The second kappa shape index (κ2) is 8.35. The van der Waals surface area contributed by atoms with E-state index < -0.39 is 12.0 Å². The second-order valence-corrected chi connectivity index (χ2v) is 6.74. The first-order valence-corrected chi connectivity index (χ1v) is 8.81. The summed E-state index contributed by atoms with van der Waals surface area (Å²) in [5, 5.41) is 0. The van der Waals surface area contributed by atoms with Crippen LogP contribution in [0.15, 0.2) is 23.1 Å². The lowest BCUT2D eigenvalue weighted by molar-refractivity contribution is -0.147. The smallest absolute Gasteiger partial charge is 0.328 e. The number of carbonyl (C=O) groups excluding carboxylic acids is 2. The van der Waals surface area contributed by atoms with Crippen molar-refractivity contribution in [3.8, 4) is 11.5 Å². The van der Waals surface area contributed by atoms with Gasteiger partial charge in [0.15, 0.2) is 11.5 Å². The first kappa shape index (κ1) is 19.3. The summed E-state index contributed by atoms with van der Waals surface area (Å²) < 4.78 is 16.0. The normalized spacial score (nSPS) is 17.0. The molecule has 0 radical (unpaired) electrons. The summed E-state index contributed by atoms with van der Waals surface area (Å²) in [7, 11) is 2.83. The van der Waals surface area contributed by atoms with Crippen LogP contribution < -0.4 is 9.47 Å². The van der Waals surface area contributed by atoms with Gasteiger partial charge in [-0.1, -0.05) is 36.1 Å². The summed E-state index contributed by atoms with van der Waals surface area (Å²) in [6.07, 6.45) is 1.69. The van der Waals surface area contributed by atoms with Crippen molar-refractivity contribution in [3.05, 3.63) is 28.7 Å². The number of benzene rings is 1. The summed E-state index contributed by atoms with van der Waals surface area (Å²) in [6, 6.07) is 4.64. The van der Waals surface area contributed by atoms with E-state index in [-0.39, 0.29) is 5.91 Å². The minimum Gasteiger partial charge on any atom is -0.493 e. The van der Waals surface area contributed by atoms with E-state index in [1.54, 1.807) is 26.2 Å². The molecule has 1 aromatic rings. The zero-order valence-corrected chi connectivity index (χ0v) is 16.0. The van der Waals surface area contributed by atoms with Crippen molar-refractivity contribution in [2.24, 2.45) is 0 Å². The maximum atomic E-state index is 12.7. The number of ether oxygens (including phenoxy) is 3. The fraction of sp³-hybridized carbons (Fsp3) is 0.353. The van der Waals surface area contributed by atoms with E-state index in [1.807, 2.05) is 19.1 Å². The van der Waals surface area contributed by atoms with Crippen LogP contribution in [0.3, 0.4) is 0 Å². The van der Waals surface area contributed by atoms with E-state index in [1.165, 1.54) is 12.0 Å². The maximum absolute atomic E-state index is 12.7. The second-order valence-electron chi connectivity index (χ2n) is 5.06. The van der Waals surface area contributed by atoms with Crippen molar-refractivity contribution < 1.29 is 23.8 Å². The molecule has 1 aliphatic rings. The van der Waals surface area contributed by atoms with Gasteiger partial charge in [0.25, 0.3) is 5.91 Å². The summed E-state index contributed by atoms with van der Waals surface area (Å²) in [4.78, 5) is 26.1. The van der Waals surface area contributed by atoms with E-state index in [9.17, 15) is 9.59 Å². The topological polar surface area (TPSA) is 65.1 Å². The van der Waals surface area contributed by atoms with Crippen LogP contribution in [0.25, 0.3) is 6.08 Å². The van der Waals surface area contributed by atoms with Crippen molar-refractivity contribution in [2.45, 2.75) is 19.9 Å². The van der Waals surface area contributed by atoms with E-state index in [0.717, 1.165) is 11.8 Å². The predicted molar refractivity (Wildman–Crippen MR) is 101 cm³/mol. The van der Waals surface area contributed by atoms with Gasteiger partial charge in [-0.15, -0.1) is 0 Å². The molecule has 0 N–H and O–H groups in total. The number of methoxy groups -OCH3 is 2. The third-order valence-corrected chi connectivity index (χ3v) is 4.89. The van der Waals surface area contributed by atoms with Gasteiger partial charge in [-0.25, -0.2) is 4.79 Å². The lowest BCUT2D eigenvalue weighted by Gasteiger charge is -2.20. The van der Waals surface area contributed by atoms with Crippen LogP contribution in [0.1, 0.15) is 19.4 Å². The molecular weight excluding hydrogens is 362 g/mol. The molecule has 0 bridgehead atoms. The Balaban J connectivity index is 2.38. The van der Waals surface area contributed by atoms with Gasteiger partial charge in [0.05, 0.1) is 25.7 Å². The molecule has 1 heterocycles. The van der Waals surface area contributed by atoms with Gasteiger partial charge < -0.3 is 14.2 Å². The average Bonchev–Trinajstić information content (AvgIpc) is 2.88. The molecule has 8 heteroatoms. The highest BCUT2D eigenvalue weighted by Gasteiger charge is 2.38. The number of hydrogen-bond acceptors (Lipinski definition) is 7.